The lowest BCUT2D eigenvalue weighted by Gasteiger charge is -2.31. The monoisotopic (exact) mass is 325 g/mol. The van der Waals surface area contributed by atoms with Gasteiger partial charge in [-0.1, -0.05) is 18.6 Å². The van der Waals surface area contributed by atoms with Crippen molar-refractivity contribution in [3.63, 3.8) is 0 Å². The summed E-state index contributed by atoms with van der Waals surface area (Å²) in [6.07, 6.45) is 4.14. The van der Waals surface area contributed by atoms with Crippen molar-refractivity contribution in [3.05, 3.63) is 35.5 Å². The van der Waals surface area contributed by atoms with Gasteiger partial charge in [-0.15, -0.1) is 0 Å². The average molecular weight is 325 g/mol. The second-order valence-corrected chi connectivity index (χ2v) is 7.05. The number of carbonyl (C=O) groups excluding carboxylic acids is 1. The first kappa shape index (κ1) is 15.2. The summed E-state index contributed by atoms with van der Waals surface area (Å²) >= 11 is 0. The van der Waals surface area contributed by atoms with E-state index in [9.17, 15) is 4.79 Å². The van der Waals surface area contributed by atoms with Gasteiger partial charge in [0.15, 0.2) is 0 Å². The zero-order valence-electron chi connectivity index (χ0n) is 14.3. The standard InChI is InChI=1S/C19H23N3O2/c1-13-5-6-17-16(8-13)19-15(12-24-17)9-20-22(19)11-18(23)21-7-3-4-14(2)10-21/h5-6,8-9,14H,3-4,7,10-12H2,1-2H3/t14-/m0/s1. The Morgan fingerprint density at radius 1 is 1.42 bits per heavy atom. The lowest BCUT2D eigenvalue weighted by Crippen LogP contribution is -2.41. The largest absolute Gasteiger partial charge is 0.488 e. The number of aryl methyl sites for hydroxylation is 1. The molecule has 5 heteroatoms. The SMILES string of the molecule is Cc1ccc2c(c1)-c1c(cnn1CC(=O)N1CCC[C@H](C)C1)CO2. The molecule has 2 aliphatic heterocycles. The Morgan fingerprint density at radius 3 is 3.12 bits per heavy atom. The molecule has 1 aromatic heterocycles. The topological polar surface area (TPSA) is 47.4 Å². The van der Waals surface area contributed by atoms with Crippen LogP contribution in [-0.4, -0.2) is 33.7 Å². The molecule has 1 aromatic carbocycles. The minimum atomic E-state index is 0.160. The normalized spacial score (nSPS) is 19.4. The van der Waals surface area contributed by atoms with Gasteiger partial charge in [-0.3, -0.25) is 9.48 Å². The van der Waals surface area contributed by atoms with Gasteiger partial charge in [0.2, 0.25) is 5.91 Å². The van der Waals surface area contributed by atoms with Gasteiger partial charge in [0.25, 0.3) is 0 Å². The van der Waals surface area contributed by atoms with Crippen molar-refractivity contribution in [3.8, 4) is 17.0 Å². The van der Waals surface area contributed by atoms with Crippen LogP contribution in [0.3, 0.4) is 0 Å². The number of hydrogen-bond donors (Lipinski definition) is 0. The number of piperidine rings is 1. The molecule has 3 heterocycles. The second kappa shape index (κ2) is 5.96. The Balaban J connectivity index is 1.62. The van der Waals surface area contributed by atoms with Crippen molar-refractivity contribution in [2.24, 2.45) is 5.92 Å². The molecule has 0 radical (unpaired) electrons. The van der Waals surface area contributed by atoms with Crippen molar-refractivity contribution in [2.75, 3.05) is 13.1 Å². The number of benzene rings is 1. The van der Waals surface area contributed by atoms with Crippen LogP contribution < -0.4 is 4.74 Å². The molecule has 1 fully saturated rings. The lowest BCUT2D eigenvalue weighted by atomic mass is 10.0. The molecule has 2 aliphatic rings. The third-order valence-corrected chi connectivity index (χ3v) is 4.98. The molecule has 0 unspecified atom stereocenters. The van der Waals surface area contributed by atoms with Gasteiger partial charge in [0.1, 0.15) is 18.9 Å². The number of nitrogens with zero attached hydrogens (tertiary/aromatic N) is 3. The van der Waals surface area contributed by atoms with Crippen LogP contribution in [0.15, 0.2) is 24.4 Å². The second-order valence-electron chi connectivity index (χ2n) is 7.05. The molecule has 0 N–H and O–H groups in total. The van der Waals surface area contributed by atoms with E-state index >= 15 is 0 Å². The zero-order valence-corrected chi connectivity index (χ0v) is 14.3. The molecule has 5 nitrogen and oxygen atoms in total. The number of amides is 1. The quantitative estimate of drug-likeness (QED) is 0.853. The van der Waals surface area contributed by atoms with Crippen LogP contribution in [0, 0.1) is 12.8 Å². The summed E-state index contributed by atoms with van der Waals surface area (Å²) in [6.45, 7) is 6.82. The van der Waals surface area contributed by atoms with Gasteiger partial charge in [0.05, 0.1) is 11.9 Å². The molecule has 1 atom stereocenters. The summed E-state index contributed by atoms with van der Waals surface area (Å²) in [4.78, 5) is 14.7. The fourth-order valence-corrected chi connectivity index (χ4v) is 3.72. The first-order valence-electron chi connectivity index (χ1n) is 8.68. The van der Waals surface area contributed by atoms with Crippen LogP contribution in [0.2, 0.25) is 0 Å². The van der Waals surface area contributed by atoms with Crippen molar-refractivity contribution in [2.45, 2.75) is 39.8 Å². The zero-order chi connectivity index (χ0) is 16.7. The molecule has 4 rings (SSSR count). The Kier molecular flexibility index (Phi) is 3.79. The van der Waals surface area contributed by atoms with Gasteiger partial charge in [-0.2, -0.15) is 5.10 Å². The van der Waals surface area contributed by atoms with E-state index in [1.54, 1.807) is 0 Å². The van der Waals surface area contributed by atoms with Crippen molar-refractivity contribution in [1.82, 2.24) is 14.7 Å². The van der Waals surface area contributed by atoms with E-state index in [0.29, 0.717) is 19.1 Å². The van der Waals surface area contributed by atoms with Crippen LogP contribution in [-0.2, 0) is 17.9 Å². The van der Waals surface area contributed by atoms with Crippen LogP contribution in [0.5, 0.6) is 5.75 Å². The molecule has 0 bridgehead atoms. The van der Waals surface area contributed by atoms with Crippen LogP contribution >= 0.6 is 0 Å². The highest BCUT2D eigenvalue weighted by Gasteiger charge is 2.26. The lowest BCUT2D eigenvalue weighted by molar-refractivity contribution is -0.133. The van der Waals surface area contributed by atoms with Crippen molar-refractivity contribution < 1.29 is 9.53 Å². The number of aromatic nitrogens is 2. The number of carbonyl (C=O) groups is 1. The maximum absolute atomic E-state index is 12.7. The summed E-state index contributed by atoms with van der Waals surface area (Å²) < 4.78 is 7.65. The first-order chi connectivity index (χ1) is 11.6. The molecule has 126 valence electrons. The number of fused-ring (bicyclic) bond motifs is 3. The van der Waals surface area contributed by atoms with Crippen LogP contribution in [0.1, 0.15) is 30.9 Å². The Hall–Kier alpha value is -2.30. The highest BCUT2D eigenvalue weighted by Crippen LogP contribution is 2.38. The third kappa shape index (κ3) is 2.68. The fraction of sp³-hybridized carbons (Fsp3) is 0.474. The smallest absolute Gasteiger partial charge is 0.244 e. The van der Waals surface area contributed by atoms with E-state index in [0.717, 1.165) is 42.1 Å². The summed E-state index contributed by atoms with van der Waals surface area (Å²) in [7, 11) is 0. The van der Waals surface area contributed by atoms with Crippen LogP contribution in [0.25, 0.3) is 11.3 Å². The first-order valence-corrected chi connectivity index (χ1v) is 8.68. The average Bonchev–Trinajstić information content (AvgIpc) is 2.98. The Morgan fingerprint density at radius 2 is 2.29 bits per heavy atom. The molecule has 1 saturated heterocycles. The number of likely N-dealkylation sites (tertiary alicyclic amines) is 1. The van der Waals surface area contributed by atoms with E-state index in [2.05, 4.69) is 25.0 Å². The summed E-state index contributed by atoms with van der Waals surface area (Å²) in [5.41, 5.74) is 4.29. The third-order valence-electron chi connectivity index (χ3n) is 4.98. The van der Waals surface area contributed by atoms with Gasteiger partial charge < -0.3 is 9.64 Å². The highest BCUT2D eigenvalue weighted by molar-refractivity contribution is 5.78. The van der Waals surface area contributed by atoms with Gasteiger partial charge in [0, 0.05) is 24.2 Å². The molecule has 0 saturated carbocycles. The molecular weight excluding hydrogens is 302 g/mol. The summed E-state index contributed by atoms with van der Waals surface area (Å²) in [5.74, 6) is 1.62. The highest BCUT2D eigenvalue weighted by atomic mass is 16.5. The maximum Gasteiger partial charge on any atom is 0.244 e. The van der Waals surface area contributed by atoms with E-state index in [-0.39, 0.29) is 5.91 Å². The molecule has 2 aromatic rings. The van der Waals surface area contributed by atoms with E-state index in [1.165, 1.54) is 12.0 Å². The van der Waals surface area contributed by atoms with Gasteiger partial charge in [-0.25, -0.2) is 0 Å². The maximum atomic E-state index is 12.7. The Bertz CT molecular complexity index is 781. The van der Waals surface area contributed by atoms with E-state index in [1.807, 2.05) is 27.9 Å². The van der Waals surface area contributed by atoms with Crippen molar-refractivity contribution in [1.29, 1.82) is 0 Å². The number of hydrogen-bond acceptors (Lipinski definition) is 3. The van der Waals surface area contributed by atoms with Gasteiger partial charge >= 0.3 is 0 Å². The van der Waals surface area contributed by atoms with E-state index < -0.39 is 0 Å². The number of rotatable bonds is 2. The summed E-state index contributed by atoms with van der Waals surface area (Å²) in [5, 5.41) is 4.47. The Labute approximate surface area is 142 Å². The number of ether oxygens (including phenoxy) is 1. The molecular formula is C19H23N3O2. The minimum Gasteiger partial charge on any atom is -0.488 e. The predicted octanol–water partition coefficient (Wildman–Crippen LogP) is 3.01. The predicted molar refractivity (Wildman–Crippen MR) is 91.7 cm³/mol. The summed E-state index contributed by atoms with van der Waals surface area (Å²) in [6, 6.07) is 6.16. The van der Waals surface area contributed by atoms with Crippen molar-refractivity contribution >= 4 is 5.91 Å². The molecule has 0 aliphatic carbocycles. The fourth-order valence-electron chi connectivity index (χ4n) is 3.72. The van der Waals surface area contributed by atoms with Crippen LogP contribution in [0.4, 0.5) is 0 Å². The van der Waals surface area contributed by atoms with Gasteiger partial charge in [-0.05, 0) is 37.8 Å². The van der Waals surface area contributed by atoms with E-state index in [4.69, 9.17) is 4.74 Å². The molecule has 0 spiro atoms. The molecule has 24 heavy (non-hydrogen) atoms. The minimum absolute atomic E-state index is 0.160. The molecule has 1 amide bonds.